The molecule has 1 atom stereocenters. The van der Waals surface area contributed by atoms with Crippen molar-refractivity contribution >= 4 is 17.9 Å². The number of rotatable bonds is 49. The third kappa shape index (κ3) is 50.2. The van der Waals surface area contributed by atoms with Crippen molar-refractivity contribution in [1.29, 1.82) is 0 Å². The molecule has 0 heterocycles. The molecule has 0 aromatic heterocycles. The lowest BCUT2D eigenvalue weighted by atomic mass is 10.0. The lowest BCUT2D eigenvalue weighted by molar-refractivity contribution is -0.167. The standard InChI is InChI=1S/C57H102O6/c1-4-7-10-13-16-19-22-25-27-28-29-30-33-35-38-41-44-47-50-56(59)62-53-54(52-61-55(58)49-46-43-40-37-34-31-24-21-18-15-12-9-6-3)63-57(60)51-48-45-42-39-36-32-26-23-20-17-14-11-8-5-2/h9,12,15,18,21,24,29-30,54H,4-8,10-11,13-14,16-17,19-20,22-23,25-28,31-53H2,1-3H3/b12-9+,18-15+,24-21+,30-29+. The SMILES string of the molecule is CC/C=C/C=C/C=C/CCCCCCCC(=O)OCC(COC(=O)CCCCCCC/C=C/CCCCCCCCCCC)OC(=O)CCCCCCCCCCCCCCCC. The second-order valence-corrected chi connectivity index (χ2v) is 18.2. The molecule has 0 amide bonds. The normalized spacial score (nSPS) is 12.4. The largest absolute Gasteiger partial charge is 0.462 e. The van der Waals surface area contributed by atoms with Gasteiger partial charge in [-0.1, -0.05) is 243 Å². The van der Waals surface area contributed by atoms with Crippen molar-refractivity contribution in [3.05, 3.63) is 48.6 Å². The zero-order valence-corrected chi connectivity index (χ0v) is 41.8. The first-order chi connectivity index (χ1) is 31.0. The Kier molecular flexibility index (Phi) is 49.8. The number of unbranched alkanes of at least 4 members (excludes halogenated alkanes) is 32. The number of hydrogen-bond acceptors (Lipinski definition) is 6. The predicted molar refractivity (Wildman–Crippen MR) is 270 cm³/mol. The lowest BCUT2D eigenvalue weighted by Crippen LogP contribution is -2.30. The molecule has 0 rings (SSSR count). The first-order valence-electron chi connectivity index (χ1n) is 27.2. The van der Waals surface area contributed by atoms with Crippen LogP contribution in [0, 0.1) is 0 Å². The highest BCUT2D eigenvalue weighted by atomic mass is 16.6. The van der Waals surface area contributed by atoms with Gasteiger partial charge in [0.1, 0.15) is 13.2 Å². The van der Waals surface area contributed by atoms with Gasteiger partial charge >= 0.3 is 17.9 Å². The minimum absolute atomic E-state index is 0.0817. The van der Waals surface area contributed by atoms with E-state index >= 15 is 0 Å². The van der Waals surface area contributed by atoms with Crippen molar-refractivity contribution in [2.45, 2.75) is 284 Å². The van der Waals surface area contributed by atoms with Gasteiger partial charge in [0.05, 0.1) is 0 Å². The molecule has 0 saturated carbocycles. The molecule has 0 aromatic carbocycles. The molecule has 6 heteroatoms. The minimum atomic E-state index is -0.781. The summed E-state index contributed by atoms with van der Waals surface area (Å²) in [5.41, 5.74) is 0. The molecule has 0 aromatic rings. The van der Waals surface area contributed by atoms with Crippen LogP contribution in [0.2, 0.25) is 0 Å². The number of carbonyl (C=O) groups excluding carboxylic acids is 3. The molecule has 0 spiro atoms. The summed E-state index contributed by atoms with van der Waals surface area (Å²) in [7, 11) is 0. The summed E-state index contributed by atoms with van der Waals surface area (Å²) in [5, 5.41) is 0. The Morgan fingerprint density at radius 2 is 0.635 bits per heavy atom. The zero-order valence-electron chi connectivity index (χ0n) is 41.8. The van der Waals surface area contributed by atoms with E-state index in [1.807, 2.05) is 0 Å². The number of allylic oxidation sites excluding steroid dienone is 8. The Bertz CT molecular complexity index is 1110. The zero-order chi connectivity index (χ0) is 45.8. The van der Waals surface area contributed by atoms with Crippen LogP contribution >= 0.6 is 0 Å². The lowest BCUT2D eigenvalue weighted by Gasteiger charge is -2.18. The third-order valence-electron chi connectivity index (χ3n) is 11.9. The maximum atomic E-state index is 12.8. The van der Waals surface area contributed by atoms with E-state index in [0.29, 0.717) is 19.3 Å². The molecular weight excluding hydrogens is 781 g/mol. The van der Waals surface area contributed by atoms with Gasteiger partial charge in [0, 0.05) is 19.3 Å². The van der Waals surface area contributed by atoms with Crippen LogP contribution in [-0.2, 0) is 28.6 Å². The van der Waals surface area contributed by atoms with Gasteiger partial charge in [-0.05, 0) is 64.2 Å². The maximum Gasteiger partial charge on any atom is 0.306 e. The first kappa shape index (κ1) is 60.4. The van der Waals surface area contributed by atoms with Crippen molar-refractivity contribution in [2.24, 2.45) is 0 Å². The Balaban J connectivity index is 4.36. The molecule has 63 heavy (non-hydrogen) atoms. The quantitative estimate of drug-likeness (QED) is 0.0199. The van der Waals surface area contributed by atoms with Crippen molar-refractivity contribution in [2.75, 3.05) is 13.2 Å². The van der Waals surface area contributed by atoms with E-state index in [1.54, 1.807) is 0 Å². The smallest absolute Gasteiger partial charge is 0.306 e. The monoisotopic (exact) mass is 883 g/mol. The highest BCUT2D eigenvalue weighted by Gasteiger charge is 2.19. The van der Waals surface area contributed by atoms with Gasteiger partial charge in [0.2, 0.25) is 0 Å². The summed E-state index contributed by atoms with van der Waals surface area (Å²) < 4.78 is 16.8. The van der Waals surface area contributed by atoms with Crippen LogP contribution in [-0.4, -0.2) is 37.2 Å². The van der Waals surface area contributed by atoms with Gasteiger partial charge < -0.3 is 14.2 Å². The summed E-state index contributed by atoms with van der Waals surface area (Å²) in [6.07, 6.45) is 62.4. The number of esters is 3. The Labute approximate surface area is 390 Å². The van der Waals surface area contributed by atoms with E-state index in [1.165, 1.54) is 148 Å². The van der Waals surface area contributed by atoms with Crippen LogP contribution in [0.5, 0.6) is 0 Å². The molecule has 0 saturated heterocycles. The predicted octanol–water partition coefficient (Wildman–Crippen LogP) is 17.9. The summed E-state index contributed by atoms with van der Waals surface area (Å²) in [5.74, 6) is -0.899. The fourth-order valence-corrected chi connectivity index (χ4v) is 7.79. The van der Waals surface area contributed by atoms with Gasteiger partial charge in [0.15, 0.2) is 6.10 Å². The second-order valence-electron chi connectivity index (χ2n) is 18.2. The Morgan fingerprint density at radius 3 is 1.00 bits per heavy atom. The third-order valence-corrected chi connectivity index (χ3v) is 11.9. The molecule has 0 bridgehead atoms. The van der Waals surface area contributed by atoms with Gasteiger partial charge in [-0.15, -0.1) is 0 Å². The molecule has 1 unspecified atom stereocenters. The van der Waals surface area contributed by atoms with Crippen molar-refractivity contribution in [3.63, 3.8) is 0 Å². The average molecular weight is 883 g/mol. The van der Waals surface area contributed by atoms with Crippen LogP contribution in [0.4, 0.5) is 0 Å². The summed E-state index contributed by atoms with van der Waals surface area (Å²) >= 11 is 0. The molecule has 0 radical (unpaired) electrons. The fourth-order valence-electron chi connectivity index (χ4n) is 7.79. The van der Waals surface area contributed by atoms with Crippen LogP contribution in [0.1, 0.15) is 278 Å². The van der Waals surface area contributed by atoms with Crippen LogP contribution in [0.3, 0.4) is 0 Å². The van der Waals surface area contributed by atoms with Gasteiger partial charge in [0.25, 0.3) is 0 Å². The van der Waals surface area contributed by atoms with Crippen LogP contribution < -0.4 is 0 Å². The highest BCUT2D eigenvalue weighted by molar-refractivity contribution is 5.71. The number of ether oxygens (including phenoxy) is 3. The molecular formula is C57H102O6. The maximum absolute atomic E-state index is 12.8. The Morgan fingerprint density at radius 1 is 0.333 bits per heavy atom. The fraction of sp³-hybridized carbons (Fsp3) is 0.807. The molecule has 0 aliphatic heterocycles. The van der Waals surface area contributed by atoms with E-state index in [2.05, 4.69) is 69.4 Å². The van der Waals surface area contributed by atoms with E-state index in [9.17, 15) is 14.4 Å². The summed E-state index contributed by atoms with van der Waals surface area (Å²) in [6, 6.07) is 0. The van der Waals surface area contributed by atoms with E-state index in [4.69, 9.17) is 14.2 Å². The molecule has 6 nitrogen and oxygen atoms in total. The van der Waals surface area contributed by atoms with Crippen molar-refractivity contribution in [1.82, 2.24) is 0 Å². The number of hydrogen-bond donors (Lipinski definition) is 0. The topological polar surface area (TPSA) is 78.9 Å². The van der Waals surface area contributed by atoms with Gasteiger partial charge in [-0.25, -0.2) is 0 Å². The Hall–Kier alpha value is -2.63. The van der Waals surface area contributed by atoms with E-state index in [0.717, 1.165) is 89.9 Å². The van der Waals surface area contributed by atoms with Crippen LogP contribution in [0.15, 0.2) is 48.6 Å². The molecule has 0 aliphatic carbocycles. The molecule has 0 fully saturated rings. The van der Waals surface area contributed by atoms with E-state index < -0.39 is 6.10 Å². The molecule has 0 N–H and O–H groups in total. The van der Waals surface area contributed by atoms with Crippen LogP contribution in [0.25, 0.3) is 0 Å². The second kappa shape index (κ2) is 52.0. The van der Waals surface area contributed by atoms with Crippen molar-refractivity contribution < 1.29 is 28.6 Å². The number of carbonyl (C=O) groups is 3. The molecule has 0 aliphatic rings. The summed E-state index contributed by atoms with van der Waals surface area (Å²) in [4.78, 5) is 38.0. The highest BCUT2D eigenvalue weighted by Crippen LogP contribution is 2.16. The van der Waals surface area contributed by atoms with Crippen molar-refractivity contribution in [3.8, 4) is 0 Å². The average Bonchev–Trinajstić information content (AvgIpc) is 3.28. The van der Waals surface area contributed by atoms with Gasteiger partial charge in [-0.3, -0.25) is 14.4 Å². The molecule has 366 valence electrons. The van der Waals surface area contributed by atoms with Gasteiger partial charge in [-0.2, -0.15) is 0 Å². The summed E-state index contributed by atoms with van der Waals surface area (Å²) in [6.45, 7) is 6.51. The van der Waals surface area contributed by atoms with E-state index in [-0.39, 0.29) is 31.1 Å². The minimum Gasteiger partial charge on any atom is -0.462 e. The first-order valence-corrected chi connectivity index (χ1v) is 27.2.